The van der Waals surface area contributed by atoms with Crippen LogP contribution >= 0.6 is 0 Å². The van der Waals surface area contributed by atoms with Crippen molar-refractivity contribution in [3.8, 4) is 0 Å². The molecule has 34 heavy (non-hydrogen) atoms. The minimum atomic E-state index is -0.665. The Balaban J connectivity index is 1.65. The minimum Gasteiger partial charge on any atom is -0.458 e. The first kappa shape index (κ1) is 26.9. The fourth-order valence-electron chi connectivity index (χ4n) is 6.22. The van der Waals surface area contributed by atoms with Crippen LogP contribution in [0.5, 0.6) is 0 Å². The number of aliphatic hydroxyl groups is 2. The number of hydrogen-bond acceptors (Lipinski definition) is 5. The van der Waals surface area contributed by atoms with E-state index in [0.29, 0.717) is 18.8 Å². The number of allylic oxidation sites excluding steroid dienone is 4. The molecule has 0 spiro atoms. The minimum absolute atomic E-state index is 0.00992. The van der Waals surface area contributed by atoms with E-state index < -0.39 is 17.8 Å². The molecule has 2 N–H and O–H groups in total. The molecule has 0 bridgehead atoms. The molecule has 0 aromatic carbocycles. The summed E-state index contributed by atoms with van der Waals surface area (Å²) in [4.78, 5) is 12.4. The molecule has 5 heteroatoms. The summed E-state index contributed by atoms with van der Waals surface area (Å²) in [5, 5.41) is 20.2. The van der Waals surface area contributed by atoms with Gasteiger partial charge in [-0.3, -0.25) is 0 Å². The molecule has 2 fully saturated rings. The van der Waals surface area contributed by atoms with Crippen molar-refractivity contribution in [1.29, 1.82) is 0 Å². The molecule has 5 atom stereocenters. The van der Waals surface area contributed by atoms with Crippen LogP contribution in [0.2, 0.25) is 0 Å². The largest absolute Gasteiger partial charge is 0.458 e. The lowest BCUT2D eigenvalue weighted by molar-refractivity contribution is -0.163. The maximum atomic E-state index is 12.4. The highest BCUT2D eigenvalue weighted by molar-refractivity contribution is 5.71. The highest BCUT2D eigenvalue weighted by atomic mass is 16.6. The maximum absolute atomic E-state index is 12.4. The van der Waals surface area contributed by atoms with E-state index in [0.717, 1.165) is 49.7 Å². The lowest BCUT2D eigenvalue weighted by Crippen LogP contribution is -2.36. The van der Waals surface area contributed by atoms with E-state index >= 15 is 0 Å². The van der Waals surface area contributed by atoms with E-state index in [1.165, 1.54) is 11.1 Å². The first-order valence-electron chi connectivity index (χ1n) is 13.0. The summed E-state index contributed by atoms with van der Waals surface area (Å²) < 4.78 is 11.6. The second kappa shape index (κ2) is 10.9. The highest BCUT2D eigenvalue weighted by Gasteiger charge is 2.46. The lowest BCUT2D eigenvalue weighted by atomic mass is 9.63. The summed E-state index contributed by atoms with van der Waals surface area (Å²) in [6, 6.07) is 0. The topological polar surface area (TPSA) is 76.0 Å². The Hall–Kier alpha value is -1.69. The zero-order chi connectivity index (χ0) is 25.1. The summed E-state index contributed by atoms with van der Waals surface area (Å²) in [7, 11) is 0. The number of esters is 1. The molecule has 2 saturated carbocycles. The molecule has 5 nitrogen and oxygen atoms in total. The standard InChI is InChI=1S/C29H44O5/c1-7-14-28(4,5)34-27(32)18-33-20(3)24-12-13-25-21(9-8-15-29(24,25)6)10-11-22-16-23(30)17-26(31)19(22)2/h10-12,20,23,25-26,30-31H,2,7-9,13-18H2,1,3-6H3/b21-10+,22-11-/t20?,23-,25+,26+,29-/m1/s1. The summed E-state index contributed by atoms with van der Waals surface area (Å²) in [6.45, 7) is 14.3. The SMILES string of the molecule is C=C1/C(=C\C=C2/CCC[C@]3(C)C(C(C)OCC(=O)OC(C)(C)CCC)=CC[C@@H]23)C[C@@H](O)C[C@@H]1O. The molecule has 3 rings (SSSR count). The van der Waals surface area contributed by atoms with Crippen LogP contribution in [0.25, 0.3) is 0 Å². The Morgan fingerprint density at radius 1 is 1.35 bits per heavy atom. The van der Waals surface area contributed by atoms with Crippen LogP contribution in [0.15, 0.2) is 47.1 Å². The number of fused-ring (bicyclic) bond motifs is 1. The lowest BCUT2D eigenvalue weighted by Gasteiger charge is -2.42. The molecular weight excluding hydrogens is 428 g/mol. The molecule has 1 unspecified atom stereocenters. The van der Waals surface area contributed by atoms with Gasteiger partial charge < -0.3 is 19.7 Å². The van der Waals surface area contributed by atoms with Crippen LogP contribution in [-0.2, 0) is 14.3 Å². The summed E-state index contributed by atoms with van der Waals surface area (Å²) in [6.07, 6.45) is 12.2. The van der Waals surface area contributed by atoms with Crippen molar-refractivity contribution in [1.82, 2.24) is 0 Å². The molecule has 0 radical (unpaired) electrons. The third-order valence-corrected chi connectivity index (χ3v) is 8.01. The van der Waals surface area contributed by atoms with E-state index in [1.54, 1.807) is 0 Å². The molecular formula is C29H44O5. The van der Waals surface area contributed by atoms with Crippen LogP contribution in [0, 0.1) is 11.3 Å². The van der Waals surface area contributed by atoms with Gasteiger partial charge in [0.25, 0.3) is 0 Å². The van der Waals surface area contributed by atoms with Gasteiger partial charge in [-0.25, -0.2) is 4.79 Å². The Morgan fingerprint density at radius 3 is 2.79 bits per heavy atom. The van der Waals surface area contributed by atoms with Crippen LogP contribution < -0.4 is 0 Å². The first-order chi connectivity index (χ1) is 16.0. The van der Waals surface area contributed by atoms with Gasteiger partial charge >= 0.3 is 5.97 Å². The third-order valence-electron chi connectivity index (χ3n) is 8.01. The predicted octanol–water partition coefficient (Wildman–Crippen LogP) is 5.57. The van der Waals surface area contributed by atoms with Gasteiger partial charge in [-0.2, -0.15) is 0 Å². The zero-order valence-corrected chi connectivity index (χ0v) is 21.7. The Morgan fingerprint density at radius 2 is 2.09 bits per heavy atom. The number of hydrogen-bond donors (Lipinski definition) is 2. The monoisotopic (exact) mass is 472 g/mol. The molecule has 3 aliphatic carbocycles. The van der Waals surface area contributed by atoms with E-state index in [4.69, 9.17) is 9.47 Å². The number of aliphatic hydroxyl groups excluding tert-OH is 2. The highest BCUT2D eigenvalue weighted by Crippen LogP contribution is 2.55. The Kier molecular flexibility index (Phi) is 8.65. The van der Waals surface area contributed by atoms with E-state index in [2.05, 4.69) is 38.7 Å². The third kappa shape index (κ3) is 6.10. The van der Waals surface area contributed by atoms with Crippen molar-refractivity contribution >= 4 is 5.97 Å². The molecule has 190 valence electrons. The van der Waals surface area contributed by atoms with Crippen molar-refractivity contribution in [2.45, 2.75) is 110 Å². The molecule has 0 heterocycles. The van der Waals surface area contributed by atoms with Gasteiger partial charge in [0.05, 0.1) is 18.3 Å². The van der Waals surface area contributed by atoms with Crippen LogP contribution in [0.1, 0.15) is 86.0 Å². The normalized spacial score (nSPS) is 33.1. The molecule has 0 aromatic heterocycles. The summed E-state index contributed by atoms with van der Waals surface area (Å²) in [5.41, 5.74) is 3.90. The van der Waals surface area contributed by atoms with Crippen molar-refractivity contribution in [3.63, 3.8) is 0 Å². The maximum Gasteiger partial charge on any atom is 0.332 e. The summed E-state index contributed by atoms with van der Waals surface area (Å²) >= 11 is 0. The van der Waals surface area contributed by atoms with Gasteiger partial charge in [0.2, 0.25) is 0 Å². The second-order valence-corrected chi connectivity index (χ2v) is 11.2. The van der Waals surface area contributed by atoms with Gasteiger partial charge in [-0.05, 0) is 87.3 Å². The van der Waals surface area contributed by atoms with E-state index in [1.807, 2.05) is 20.8 Å². The Labute approximate surface area is 205 Å². The predicted molar refractivity (Wildman–Crippen MR) is 135 cm³/mol. The van der Waals surface area contributed by atoms with Crippen molar-refractivity contribution < 1.29 is 24.5 Å². The fraction of sp³-hybridized carbons (Fsp3) is 0.690. The molecule has 0 aromatic rings. The molecule has 0 saturated heterocycles. The van der Waals surface area contributed by atoms with Gasteiger partial charge in [0, 0.05) is 6.42 Å². The molecule has 0 amide bonds. The van der Waals surface area contributed by atoms with E-state index in [-0.39, 0.29) is 24.1 Å². The smallest absolute Gasteiger partial charge is 0.332 e. The average Bonchev–Trinajstić information content (AvgIpc) is 3.10. The average molecular weight is 473 g/mol. The van der Waals surface area contributed by atoms with Crippen LogP contribution in [-0.4, -0.2) is 46.7 Å². The Bertz CT molecular complexity index is 864. The van der Waals surface area contributed by atoms with Crippen LogP contribution in [0.4, 0.5) is 0 Å². The quantitative estimate of drug-likeness (QED) is 0.357. The van der Waals surface area contributed by atoms with Crippen molar-refractivity contribution in [3.05, 3.63) is 47.1 Å². The number of rotatable bonds is 8. The van der Waals surface area contributed by atoms with E-state index in [9.17, 15) is 15.0 Å². The van der Waals surface area contributed by atoms with Crippen molar-refractivity contribution in [2.75, 3.05) is 6.61 Å². The number of ether oxygens (including phenoxy) is 2. The zero-order valence-electron chi connectivity index (χ0n) is 21.7. The fourth-order valence-corrected chi connectivity index (χ4v) is 6.22. The van der Waals surface area contributed by atoms with Gasteiger partial charge in [-0.1, -0.05) is 50.6 Å². The first-order valence-corrected chi connectivity index (χ1v) is 13.0. The van der Waals surface area contributed by atoms with Gasteiger partial charge in [0.15, 0.2) is 0 Å². The second-order valence-electron chi connectivity index (χ2n) is 11.2. The van der Waals surface area contributed by atoms with Gasteiger partial charge in [0.1, 0.15) is 12.2 Å². The van der Waals surface area contributed by atoms with Gasteiger partial charge in [-0.15, -0.1) is 0 Å². The van der Waals surface area contributed by atoms with Crippen molar-refractivity contribution in [2.24, 2.45) is 11.3 Å². The molecule has 3 aliphatic rings. The number of carbonyl (C=O) groups excluding carboxylic acids is 1. The molecule has 0 aliphatic heterocycles. The summed E-state index contributed by atoms with van der Waals surface area (Å²) in [5.74, 6) is 0.0971. The number of carbonyl (C=O) groups is 1. The van der Waals surface area contributed by atoms with Crippen LogP contribution in [0.3, 0.4) is 0 Å².